The largest absolute Gasteiger partial charge is 0.489 e. The molecule has 1 aromatic carbocycles. The molecule has 2 amide bonds. The van der Waals surface area contributed by atoms with Gasteiger partial charge < -0.3 is 25.0 Å². The highest BCUT2D eigenvalue weighted by atomic mass is 16.6. The molecule has 2 N–H and O–H groups in total. The van der Waals surface area contributed by atoms with Crippen molar-refractivity contribution in [1.82, 2.24) is 9.80 Å². The summed E-state index contributed by atoms with van der Waals surface area (Å²) in [4.78, 5) is 28.1. The molecule has 0 saturated carbocycles. The Labute approximate surface area is 155 Å². The van der Waals surface area contributed by atoms with Crippen molar-refractivity contribution >= 4 is 17.7 Å². The molecule has 144 valence electrons. The van der Waals surface area contributed by atoms with Crippen LogP contribution in [0.15, 0.2) is 18.2 Å². The Morgan fingerprint density at radius 3 is 2.15 bits per heavy atom. The van der Waals surface area contributed by atoms with Crippen molar-refractivity contribution in [3.05, 3.63) is 23.8 Å². The highest BCUT2D eigenvalue weighted by Crippen LogP contribution is 2.24. The minimum absolute atomic E-state index is 0.0137. The predicted molar refractivity (Wildman–Crippen MR) is 100 cm³/mol. The third-order valence-corrected chi connectivity index (χ3v) is 3.84. The Balaban J connectivity index is 1.96. The lowest BCUT2D eigenvalue weighted by Gasteiger charge is -2.35. The van der Waals surface area contributed by atoms with Crippen molar-refractivity contribution in [2.24, 2.45) is 0 Å². The molecule has 0 atom stereocenters. The molecule has 0 radical (unpaired) electrons. The Morgan fingerprint density at radius 2 is 1.65 bits per heavy atom. The molecule has 2 rings (SSSR count). The van der Waals surface area contributed by atoms with Crippen molar-refractivity contribution in [3.8, 4) is 5.75 Å². The number of hydrogen-bond acceptors (Lipinski definition) is 5. The minimum Gasteiger partial charge on any atom is -0.489 e. The van der Waals surface area contributed by atoms with Gasteiger partial charge in [0.2, 0.25) is 0 Å². The Bertz CT molecular complexity index is 659. The van der Waals surface area contributed by atoms with E-state index in [0.29, 0.717) is 43.2 Å². The van der Waals surface area contributed by atoms with E-state index in [1.54, 1.807) is 28.0 Å². The first-order chi connectivity index (χ1) is 12.1. The first-order valence-electron chi connectivity index (χ1n) is 8.90. The van der Waals surface area contributed by atoms with Crippen LogP contribution in [0, 0.1) is 0 Å². The Kier molecular flexibility index (Phi) is 6.00. The third-order valence-electron chi connectivity index (χ3n) is 3.84. The zero-order valence-electron chi connectivity index (χ0n) is 16.2. The maximum absolute atomic E-state index is 12.7. The fraction of sp³-hybridized carbons (Fsp3) is 0.579. The number of carbonyl (C=O) groups excluding carboxylic acids is 2. The zero-order chi connectivity index (χ0) is 19.5. The number of anilines is 1. The van der Waals surface area contributed by atoms with E-state index in [2.05, 4.69) is 0 Å². The van der Waals surface area contributed by atoms with Gasteiger partial charge in [-0.05, 0) is 52.8 Å². The van der Waals surface area contributed by atoms with Gasteiger partial charge in [0.25, 0.3) is 5.91 Å². The maximum atomic E-state index is 12.7. The predicted octanol–water partition coefficient (Wildman–Crippen LogP) is 2.75. The van der Waals surface area contributed by atoms with Crippen molar-refractivity contribution in [1.29, 1.82) is 0 Å². The molecule has 7 heteroatoms. The number of nitrogen functional groups attached to an aromatic ring is 1. The van der Waals surface area contributed by atoms with Crippen LogP contribution in [0.1, 0.15) is 45.0 Å². The number of nitrogens with two attached hydrogens (primary N) is 1. The summed E-state index contributed by atoms with van der Waals surface area (Å²) in [6.45, 7) is 11.2. The summed E-state index contributed by atoms with van der Waals surface area (Å²) in [5, 5.41) is 0. The first-order valence-corrected chi connectivity index (χ1v) is 8.90. The average molecular weight is 363 g/mol. The molecule has 1 heterocycles. The molecule has 0 spiro atoms. The maximum Gasteiger partial charge on any atom is 0.410 e. The summed E-state index contributed by atoms with van der Waals surface area (Å²) in [7, 11) is 0. The second-order valence-corrected chi connectivity index (χ2v) is 7.68. The number of piperazine rings is 1. The summed E-state index contributed by atoms with van der Waals surface area (Å²) in [5.74, 6) is 0.475. The fourth-order valence-electron chi connectivity index (χ4n) is 2.64. The molecule has 26 heavy (non-hydrogen) atoms. The van der Waals surface area contributed by atoms with Gasteiger partial charge in [-0.15, -0.1) is 0 Å². The smallest absolute Gasteiger partial charge is 0.410 e. The molecular weight excluding hydrogens is 334 g/mol. The number of benzene rings is 1. The Morgan fingerprint density at radius 1 is 1.08 bits per heavy atom. The Hall–Kier alpha value is -2.44. The van der Waals surface area contributed by atoms with Gasteiger partial charge >= 0.3 is 6.09 Å². The standard InChI is InChI=1S/C19H29N3O4/c1-13(2)25-16-7-6-14(12-15(16)20)17(23)21-8-10-22(11-9-21)18(24)26-19(3,4)5/h6-7,12-13H,8-11,20H2,1-5H3. The van der Waals surface area contributed by atoms with Crippen LogP contribution in [0.5, 0.6) is 5.75 Å². The van der Waals surface area contributed by atoms with E-state index in [4.69, 9.17) is 15.2 Å². The molecule has 0 aliphatic carbocycles. The third kappa shape index (κ3) is 5.28. The van der Waals surface area contributed by atoms with Crippen molar-refractivity contribution in [2.45, 2.75) is 46.3 Å². The van der Waals surface area contributed by atoms with Crippen LogP contribution in [0.4, 0.5) is 10.5 Å². The van der Waals surface area contributed by atoms with Gasteiger partial charge in [-0.3, -0.25) is 4.79 Å². The van der Waals surface area contributed by atoms with Gasteiger partial charge in [-0.1, -0.05) is 0 Å². The summed E-state index contributed by atoms with van der Waals surface area (Å²) in [6, 6.07) is 5.08. The SMILES string of the molecule is CC(C)Oc1ccc(C(=O)N2CCN(C(=O)OC(C)(C)C)CC2)cc1N. The van der Waals surface area contributed by atoms with E-state index in [0.717, 1.165) is 0 Å². The van der Waals surface area contributed by atoms with E-state index < -0.39 is 5.60 Å². The van der Waals surface area contributed by atoms with Gasteiger partial charge in [0.1, 0.15) is 11.4 Å². The van der Waals surface area contributed by atoms with Crippen molar-refractivity contribution < 1.29 is 19.1 Å². The monoisotopic (exact) mass is 363 g/mol. The molecule has 0 aromatic heterocycles. The molecule has 1 aromatic rings. The molecule has 1 saturated heterocycles. The molecule has 0 bridgehead atoms. The molecule has 1 aliphatic rings. The van der Waals surface area contributed by atoms with Crippen LogP contribution < -0.4 is 10.5 Å². The van der Waals surface area contributed by atoms with Crippen LogP contribution in [-0.4, -0.2) is 59.7 Å². The molecule has 0 unspecified atom stereocenters. The summed E-state index contributed by atoms with van der Waals surface area (Å²) in [5.41, 5.74) is 6.43. The summed E-state index contributed by atoms with van der Waals surface area (Å²) < 4.78 is 11.0. The van der Waals surface area contributed by atoms with Gasteiger partial charge in [-0.25, -0.2) is 4.79 Å². The van der Waals surface area contributed by atoms with Crippen LogP contribution in [0.25, 0.3) is 0 Å². The number of ether oxygens (including phenoxy) is 2. The van der Waals surface area contributed by atoms with Crippen molar-refractivity contribution in [2.75, 3.05) is 31.9 Å². The lowest BCUT2D eigenvalue weighted by Crippen LogP contribution is -2.51. The summed E-state index contributed by atoms with van der Waals surface area (Å²) >= 11 is 0. The van der Waals surface area contributed by atoms with E-state index in [9.17, 15) is 9.59 Å². The highest BCUT2D eigenvalue weighted by Gasteiger charge is 2.28. The number of carbonyl (C=O) groups is 2. The normalized spacial score (nSPS) is 15.2. The summed E-state index contributed by atoms with van der Waals surface area (Å²) in [6.07, 6.45) is -0.330. The van der Waals surface area contributed by atoms with Crippen LogP contribution >= 0.6 is 0 Å². The average Bonchev–Trinajstić information content (AvgIpc) is 2.54. The number of hydrogen-bond donors (Lipinski definition) is 1. The van der Waals surface area contributed by atoms with Crippen LogP contribution in [-0.2, 0) is 4.74 Å². The topological polar surface area (TPSA) is 85.1 Å². The number of rotatable bonds is 3. The molecule has 1 aliphatic heterocycles. The lowest BCUT2D eigenvalue weighted by atomic mass is 10.1. The van der Waals surface area contributed by atoms with E-state index in [1.165, 1.54) is 0 Å². The van der Waals surface area contributed by atoms with Crippen LogP contribution in [0.2, 0.25) is 0 Å². The molecule has 7 nitrogen and oxygen atoms in total. The second-order valence-electron chi connectivity index (χ2n) is 7.68. The van der Waals surface area contributed by atoms with E-state index in [-0.39, 0.29) is 18.1 Å². The zero-order valence-corrected chi connectivity index (χ0v) is 16.2. The van der Waals surface area contributed by atoms with Gasteiger partial charge in [0.05, 0.1) is 11.8 Å². The van der Waals surface area contributed by atoms with Gasteiger partial charge in [-0.2, -0.15) is 0 Å². The van der Waals surface area contributed by atoms with Crippen LogP contribution in [0.3, 0.4) is 0 Å². The number of amides is 2. The van der Waals surface area contributed by atoms with Gasteiger partial charge in [0.15, 0.2) is 0 Å². The lowest BCUT2D eigenvalue weighted by molar-refractivity contribution is 0.0141. The number of nitrogens with zero attached hydrogens (tertiary/aromatic N) is 2. The fourth-order valence-corrected chi connectivity index (χ4v) is 2.64. The van der Waals surface area contributed by atoms with Gasteiger partial charge in [0, 0.05) is 31.7 Å². The van der Waals surface area contributed by atoms with Crippen molar-refractivity contribution in [3.63, 3.8) is 0 Å². The molecule has 1 fully saturated rings. The quantitative estimate of drug-likeness (QED) is 0.835. The van der Waals surface area contributed by atoms with E-state index >= 15 is 0 Å². The first kappa shape index (κ1) is 19.9. The molecular formula is C19H29N3O4. The van der Waals surface area contributed by atoms with E-state index in [1.807, 2.05) is 34.6 Å². The highest BCUT2D eigenvalue weighted by molar-refractivity contribution is 5.95. The minimum atomic E-state index is -0.526. The second kappa shape index (κ2) is 7.85.